The molecule has 9 heteroatoms. The molecule has 3 heterocycles. The molecule has 0 bridgehead atoms. The van der Waals surface area contributed by atoms with Crippen LogP contribution in [0.5, 0.6) is 5.75 Å². The van der Waals surface area contributed by atoms with E-state index < -0.39 is 11.6 Å². The van der Waals surface area contributed by atoms with Crippen molar-refractivity contribution < 1.29 is 23.1 Å². The molecule has 2 amide bonds. The van der Waals surface area contributed by atoms with Gasteiger partial charge < -0.3 is 15.0 Å². The number of likely N-dealkylation sites (tertiary alicyclic amines) is 2. The second kappa shape index (κ2) is 12.6. The zero-order valence-electron chi connectivity index (χ0n) is 22.6. The molecule has 0 spiro atoms. The SMILES string of the molecule is Cc1ccc(OC2CCN(C(=O)c3ccc(C(=O)NC4CCN(Cc5cc(F)cc(F)c5)CC4)cn3)CC2)cc1. The van der Waals surface area contributed by atoms with Gasteiger partial charge in [-0.25, -0.2) is 8.78 Å². The van der Waals surface area contributed by atoms with Crippen molar-refractivity contribution in [2.75, 3.05) is 26.2 Å². The molecule has 0 aliphatic carbocycles. The van der Waals surface area contributed by atoms with Gasteiger partial charge in [-0.05, 0) is 61.7 Å². The average Bonchev–Trinajstić information content (AvgIpc) is 2.95. The highest BCUT2D eigenvalue weighted by atomic mass is 19.1. The smallest absolute Gasteiger partial charge is 0.272 e. The number of hydrogen-bond donors (Lipinski definition) is 1. The first kappa shape index (κ1) is 27.7. The number of hydrogen-bond acceptors (Lipinski definition) is 5. The molecule has 1 N–H and O–H groups in total. The third-order valence-corrected chi connectivity index (χ3v) is 7.55. The largest absolute Gasteiger partial charge is 0.490 e. The summed E-state index contributed by atoms with van der Waals surface area (Å²) in [5.41, 5.74) is 2.50. The summed E-state index contributed by atoms with van der Waals surface area (Å²) in [7, 11) is 0. The number of carbonyl (C=O) groups is 2. The van der Waals surface area contributed by atoms with Gasteiger partial charge in [-0.15, -0.1) is 0 Å². The van der Waals surface area contributed by atoms with Crippen LogP contribution in [0.25, 0.3) is 0 Å². The Morgan fingerprint density at radius 1 is 0.925 bits per heavy atom. The molecule has 0 saturated carbocycles. The summed E-state index contributed by atoms with van der Waals surface area (Å²) in [5.74, 6) is -0.687. The molecule has 1 aromatic heterocycles. The van der Waals surface area contributed by atoms with E-state index in [2.05, 4.69) is 15.2 Å². The molecular weight excluding hydrogens is 514 g/mol. The number of halogens is 2. The van der Waals surface area contributed by atoms with Gasteiger partial charge in [-0.2, -0.15) is 0 Å². The van der Waals surface area contributed by atoms with E-state index in [1.165, 1.54) is 23.9 Å². The number of amides is 2. The predicted molar refractivity (Wildman–Crippen MR) is 147 cm³/mol. The molecule has 0 atom stereocenters. The maximum absolute atomic E-state index is 13.5. The summed E-state index contributed by atoms with van der Waals surface area (Å²) in [6.45, 7) is 5.10. The van der Waals surface area contributed by atoms with Crippen molar-refractivity contribution in [3.05, 3.63) is 94.8 Å². The van der Waals surface area contributed by atoms with Crippen LogP contribution in [0.15, 0.2) is 60.8 Å². The van der Waals surface area contributed by atoms with Gasteiger partial charge in [-0.3, -0.25) is 19.5 Å². The van der Waals surface area contributed by atoms with E-state index in [1.54, 1.807) is 17.0 Å². The highest BCUT2D eigenvalue weighted by Gasteiger charge is 2.26. The van der Waals surface area contributed by atoms with E-state index in [0.29, 0.717) is 49.5 Å². The van der Waals surface area contributed by atoms with Crippen LogP contribution < -0.4 is 10.1 Å². The van der Waals surface area contributed by atoms with E-state index in [9.17, 15) is 18.4 Å². The number of carbonyl (C=O) groups excluding carboxylic acids is 2. The summed E-state index contributed by atoms with van der Waals surface area (Å²) >= 11 is 0. The van der Waals surface area contributed by atoms with Crippen LogP contribution in [0.3, 0.4) is 0 Å². The second-order valence-corrected chi connectivity index (χ2v) is 10.7. The van der Waals surface area contributed by atoms with Crippen LogP contribution >= 0.6 is 0 Å². The Kier molecular flexibility index (Phi) is 8.69. The highest BCUT2D eigenvalue weighted by molar-refractivity contribution is 5.96. The molecule has 0 radical (unpaired) electrons. The first-order chi connectivity index (χ1) is 19.3. The van der Waals surface area contributed by atoms with Gasteiger partial charge in [0, 0.05) is 63.9 Å². The number of aryl methyl sites for hydroxylation is 1. The van der Waals surface area contributed by atoms with Gasteiger partial charge >= 0.3 is 0 Å². The summed E-state index contributed by atoms with van der Waals surface area (Å²) in [6.07, 6.45) is 4.48. The Morgan fingerprint density at radius 2 is 1.60 bits per heavy atom. The van der Waals surface area contributed by atoms with Gasteiger partial charge in [0.15, 0.2) is 0 Å². The van der Waals surface area contributed by atoms with Crippen molar-refractivity contribution >= 4 is 11.8 Å². The van der Waals surface area contributed by atoms with Crippen LogP contribution in [0.2, 0.25) is 0 Å². The minimum Gasteiger partial charge on any atom is -0.490 e. The van der Waals surface area contributed by atoms with Crippen LogP contribution in [0.4, 0.5) is 8.78 Å². The lowest BCUT2D eigenvalue weighted by atomic mass is 10.0. The quantitative estimate of drug-likeness (QED) is 0.462. The van der Waals surface area contributed by atoms with Crippen LogP contribution in [0.1, 0.15) is 57.7 Å². The Morgan fingerprint density at radius 3 is 2.23 bits per heavy atom. The summed E-state index contributed by atoms with van der Waals surface area (Å²) in [6, 6.07) is 14.8. The molecule has 2 aliphatic rings. The molecular formula is C31H34F2N4O3. The summed E-state index contributed by atoms with van der Waals surface area (Å²) in [5, 5.41) is 3.04. The van der Waals surface area contributed by atoms with Crippen LogP contribution in [-0.2, 0) is 6.54 Å². The fourth-order valence-electron chi connectivity index (χ4n) is 5.27. The summed E-state index contributed by atoms with van der Waals surface area (Å²) in [4.78, 5) is 34.0. The van der Waals surface area contributed by atoms with Crippen LogP contribution in [0, 0.1) is 18.6 Å². The van der Waals surface area contributed by atoms with Gasteiger partial charge in [0.2, 0.25) is 0 Å². The molecule has 2 aliphatic heterocycles. The minimum atomic E-state index is -0.577. The van der Waals surface area contributed by atoms with Gasteiger partial charge in [0.1, 0.15) is 29.2 Å². The number of nitrogens with one attached hydrogen (secondary N) is 1. The molecule has 2 saturated heterocycles. The van der Waals surface area contributed by atoms with Crippen molar-refractivity contribution in [1.82, 2.24) is 20.1 Å². The van der Waals surface area contributed by atoms with Gasteiger partial charge in [0.05, 0.1) is 5.56 Å². The maximum Gasteiger partial charge on any atom is 0.272 e. The number of piperidine rings is 2. The molecule has 2 fully saturated rings. The van der Waals surface area contributed by atoms with Crippen molar-refractivity contribution in [2.24, 2.45) is 0 Å². The fourth-order valence-corrected chi connectivity index (χ4v) is 5.27. The molecule has 210 valence electrons. The third kappa shape index (κ3) is 7.21. The Balaban J connectivity index is 1.06. The van der Waals surface area contributed by atoms with Crippen molar-refractivity contribution in [3.8, 4) is 5.75 Å². The molecule has 0 unspecified atom stereocenters. The maximum atomic E-state index is 13.5. The lowest BCUT2D eigenvalue weighted by Gasteiger charge is -2.32. The topological polar surface area (TPSA) is 74.8 Å². The van der Waals surface area contributed by atoms with E-state index in [0.717, 1.165) is 37.5 Å². The number of pyridine rings is 1. The molecule has 40 heavy (non-hydrogen) atoms. The standard InChI is InChI=1S/C31H34F2N4O3/c1-21-2-5-27(6-3-21)40-28-10-14-37(15-11-28)31(39)29-7-4-23(19-34-29)30(38)35-26-8-12-36(13-9-26)20-22-16-24(32)18-25(33)17-22/h2-7,16-19,26,28H,8-15,20H2,1H3,(H,35,38). The van der Waals surface area contributed by atoms with E-state index in [4.69, 9.17) is 4.74 Å². The monoisotopic (exact) mass is 548 g/mol. The lowest BCUT2D eigenvalue weighted by molar-refractivity contribution is 0.0589. The number of aromatic nitrogens is 1. The Labute approximate surface area is 233 Å². The molecule has 5 rings (SSSR count). The number of nitrogens with zero attached hydrogens (tertiary/aromatic N) is 3. The molecule has 3 aromatic rings. The number of benzene rings is 2. The Bertz CT molecular complexity index is 1300. The van der Waals surface area contributed by atoms with E-state index in [-0.39, 0.29) is 24.0 Å². The minimum absolute atomic E-state index is 0.00210. The van der Waals surface area contributed by atoms with E-state index >= 15 is 0 Å². The number of rotatable bonds is 7. The normalized spacial score (nSPS) is 17.0. The third-order valence-electron chi connectivity index (χ3n) is 7.55. The zero-order valence-corrected chi connectivity index (χ0v) is 22.6. The highest BCUT2D eigenvalue weighted by Crippen LogP contribution is 2.21. The number of ether oxygens (including phenoxy) is 1. The van der Waals surface area contributed by atoms with E-state index in [1.807, 2.05) is 31.2 Å². The van der Waals surface area contributed by atoms with Crippen molar-refractivity contribution in [3.63, 3.8) is 0 Å². The van der Waals surface area contributed by atoms with Gasteiger partial charge in [0.25, 0.3) is 11.8 Å². The van der Waals surface area contributed by atoms with Crippen molar-refractivity contribution in [1.29, 1.82) is 0 Å². The molecule has 7 nitrogen and oxygen atoms in total. The first-order valence-electron chi connectivity index (χ1n) is 13.8. The predicted octanol–water partition coefficient (Wildman–Crippen LogP) is 4.75. The zero-order chi connectivity index (χ0) is 28.1. The van der Waals surface area contributed by atoms with Crippen molar-refractivity contribution in [2.45, 2.75) is 51.3 Å². The average molecular weight is 549 g/mol. The van der Waals surface area contributed by atoms with Gasteiger partial charge in [-0.1, -0.05) is 17.7 Å². The summed E-state index contributed by atoms with van der Waals surface area (Å²) < 4.78 is 33.0. The lowest BCUT2D eigenvalue weighted by Crippen LogP contribution is -2.44. The fraction of sp³-hybridized carbons (Fsp3) is 0.387. The second-order valence-electron chi connectivity index (χ2n) is 10.7. The molecule has 2 aromatic carbocycles. The Hall–Kier alpha value is -3.85. The first-order valence-corrected chi connectivity index (χ1v) is 13.8. The van der Waals surface area contributed by atoms with Crippen LogP contribution in [-0.4, -0.2) is 64.9 Å².